The lowest BCUT2D eigenvalue weighted by atomic mass is 9.97. The molecule has 0 aliphatic heterocycles. The number of ether oxygens (including phenoxy) is 1. The van der Waals surface area contributed by atoms with E-state index >= 15 is 0 Å². The second kappa shape index (κ2) is 10.5. The molecule has 0 radical (unpaired) electrons. The van der Waals surface area contributed by atoms with Gasteiger partial charge in [-0.2, -0.15) is 0 Å². The highest BCUT2D eigenvalue weighted by Crippen LogP contribution is 2.44. The molecule has 3 rings (SSSR count). The summed E-state index contributed by atoms with van der Waals surface area (Å²) in [6.45, 7) is 7.33. The Morgan fingerprint density at radius 1 is 0.909 bits per heavy atom. The van der Waals surface area contributed by atoms with Crippen LogP contribution in [0.1, 0.15) is 51.2 Å². The Balaban J connectivity index is 1.66. The molecule has 2 aromatic rings. The number of amides is 2. The van der Waals surface area contributed by atoms with Crippen LogP contribution in [0.3, 0.4) is 0 Å². The predicted octanol–water partition coefficient (Wildman–Crippen LogP) is 4.17. The van der Waals surface area contributed by atoms with Crippen molar-refractivity contribution in [3.63, 3.8) is 0 Å². The van der Waals surface area contributed by atoms with Crippen LogP contribution in [-0.2, 0) is 14.3 Å². The zero-order valence-corrected chi connectivity index (χ0v) is 19.5. The Kier molecular flexibility index (Phi) is 7.74. The molecule has 0 fully saturated rings. The van der Waals surface area contributed by atoms with Gasteiger partial charge >= 0.3 is 12.1 Å². The number of carboxylic acid groups (broad SMARTS) is 1. The van der Waals surface area contributed by atoms with Gasteiger partial charge in [-0.05, 0) is 34.1 Å². The number of hydrogen-bond acceptors (Lipinski definition) is 4. The maximum absolute atomic E-state index is 12.8. The first kappa shape index (κ1) is 24.3. The van der Waals surface area contributed by atoms with Gasteiger partial charge in [0.15, 0.2) is 0 Å². The van der Waals surface area contributed by atoms with Gasteiger partial charge in [0.1, 0.15) is 18.7 Å². The summed E-state index contributed by atoms with van der Waals surface area (Å²) >= 11 is 0. The molecule has 7 nitrogen and oxygen atoms in total. The van der Waals surface area contributed by atoms with Crippen molar-refractivity contribution in [2.75, 3.05) is 6.61 Å². The lowest BCUT2D eigenvalue weighted by Crippen LogP contribution is -2.55. The van der Waals surface area contributed by atoms with Crippen molar-refractivity contribution < 1.29 is 24.2 Å². The topological polar surface area (TPSA) is 105 Å². The molecule has 176 valence electrons. The standard InChI is InChI=1S/C26H32N2O5/c1-5-16(4)23(25(30)31)27-24(29)22(15(2)3)28-26(32)33-14-21-19-12-8-6-10-17(19)18-11-7-9-13-20(18)21/h6-13,15-16,21-23H,5,14H2,1-4H3,(H,27,29)(H,28,32)(H,30,31). The van der Waals surface area contributed by atoms with Gasteiger partial charge in [0, 0.05) is 5.92 Å². The van der Waals surface area contributed by atoms with Gasteiger partial charge in [0.05, 0.1) is 0 Å². The van der Waals surface area contributed by atoms with Gasteiger partial charge in [0.2, 0.25) is 5.91 Å². The van der Waals surface area contributed by atoms with Crippen molar-refractivity contribution in [3.8, 4) is 11.1 Å². The third-order valence-corrected chi connectivity index (χ3v) is 6.34. The van der Waals surface area contributed by atoms with E-state index < -0.39 is 30.1 Å². The summed E-state index contributed by atoms with van der Waals surface area (Å²) in [5.41, 5.74) is 4.46. The zero-order chi connectivity index (χ0) is 24.1. The van der Waals surface area contributed by atoms with E-state index in [1.165, 1.54) is 0 Å². The first-order valence-electron chi connectivity index (χ1n) is 11.4. The van der Waals surface area contributed by atoms with Crippen LogP contribution in [0.4, 0.5) is 4.79 Å². The summed E-state index contributed by atoms with van der Waals surface area (Å²) in [4.78, 5) is 37.0. The predicted molar refractivity (Wildman–Crippen MR) is 126 cm³/mol. The number of benzene rings is 2. The summed E-state index contributed by atoms with van der Waals surface area (Å²) in [5, 5.41) is 14.7. The Bertz CT molecular complexity index is 974. The van der Waals surface area contributed by atoms with Gasteiger partial charge < -0.3 is 20.5 Å². The molecule has 1 aliphatic carbocycles. The monoisotopic (exact) mass is 452 g/mol. The average Bonchev–Trinajstić information content (AvgIpc) is 3.12. The Morgan fingerprint density at radius 2 is 1.45 bits per heavy atom. The third-order valence-electron chi connectivity index (χ3n) is 6.34. The lowest BCUT2D eigenvalue weighted by molar-refractivity contribution is -0.143. The van der Waals surface area contributed by atoms with Crippen molar-refractivity contribution in [3.05, 3.63) is 59.7 Å². The molecule has 0 saturated carbocycles. The number of hydrogen-bond donors (Lipinski definition) is 3. The fraction of sp³-hybridized carbons (Fsp3) is 0.423. The van der Waals surface area contributed by atoms with Crippen molar-refractivity contribution in [1.29, 1.82) is 0 Å². The molecule has 3 N–H and O–H groups in total. The molecule has 1 aliphatic rings. The van der Waals surface area contributed by atoms with Crippen LogP contribution >= 0.6 is 0 Å². The number of alkyl carbamates (subject to hydrolysis) is 1. The van der Waals surface area contributed by atoms with E-state index in [4.69, 9.17) is 4.74 Å². The number of rotatable bonds is 9. The van der Waals surface area contributed by atoms with Crippen LogP contribution in [0.25, 0.3) is 11.1 Å². The zero-order valence-electron chi connectivity index (χ0n) is 19.5. The number of carboxylic acids is 1. The van der Waals surface area contributed by atoms with E-state index in [0.29, 0.717) is 6.42 Å². The molecule has 2 amide bonds. The highest BCUT2D eigenvalue weighted by molar-refractivity contribution is 5.89. The van der Waals surface area contributed by atoms with Crippen molar-refractivity contribution in [2.24, 2.45) is 11.8 Å². The van der Waals surface area contributed by atoms with Crippen LogP contribution in [0.15, 0.2) is 48.5 Å². The van der Waals surface area contributed by atoms with Gasteiger partial charge in [-0.15, -0.1) is 0 Å². The molecular formula is C26H32N2O5. The number of aliphatic carboxylic acids is 1. The third kappa shape index (κ3) is 5.35. The number of carbonyl (C=O) groups excluding carboxylic acids is 2. The minimum atomic E-state index is -1.10. The molecule has 0 heterocycles. The summed E-state index contributed by atoms with van der Waals surface area (Å²) in [6, 6.07) is 14.2. The average molecular weight is 453 g/mol. The quantitative estimate of drug-likeness (QED) is 0.530. The van der Waals surface area contributed by atoms with Crippen molar-refractivity contribution >= 4 is 18.0 Å². The number of fused-ring (bicyclic) bond motifs is 3. The van der Waals surface area contributed by atoms with Crippen molar-refractivity contribution in [2.45, 2.75) is 52.1 Å². The maximum Gasteiger partial charge on any atom is 0.407 e. The molecule has 0 saturated heterocycles. The van der Waals surface area contributed by atoms with Gasteiger partial charge in [0.25, 0.3) is 0 Å². The molecule has 3 atom stereocenters. The van der Waals surface area contributed by atoms with E-state index in [-0.39, 0.29) is 24.4 Å². The highest BCUT2D eigenvalue weighted by Gasteiger charge is 2.32. The van der Waals surface area contributed by atoms with Crippen molar-refractivity contribution in [1.82, 2.24) is 10.6 Å². The number of carbonyl (C=O) groups is 3. The molecule has 2 aromatic carbocycles. The SMILES string of the molecule is CCC(C)C(NC(=O)C(NC(=O)OCC1c2ccccc2-c2ccccc21)C(C)C)C(=O)O. The fourth-order valence-electron chi connectivity index (χ4n) is 4.23. The van der Waals surface area contributed by atoms with Crippen LogP contribution in [0, 0.1) is 11.8 Å². The van der Waals surface area contributed by atoms with Gasteiger partial charge in [-0.1, -0.05) is 82.6 Å². The Labute approximate surface area is 194 Å². The second-order valence-corrected chi connectivity index (χ2v) is 8.90. The summed E-state index contributed by atoms with van der Waals surface area (Å²) < 4.78 is 5.55. The van der Waals surface area contributed by atoms with Crippen LogP contribution < -0.4 is 10.6 Å². The molecule has 0 spiro atoms. The largest absolute Gasteiger partial charge is 0.480 e. The Morgan fingerprint density at radius 3 is 1.94 bits per heavy atom. The fourth-order valence-corrected chi connectivity index (χ4v) is 4.23. The molecular weight excluding hydrogens is 420 g/mol. The molecule has 3 unspecified atom stereocenters. The smallest absolute Gasteiger partial charge is 0.407 e. The van der Waals surface area contributed by atoms with Crippen LogP contribution in [0.2, 0.25) is 0 Å². The molecule has 0 aromatic heterocycles. The van der Waals surface area contributed by atoms with Gasteiger partial charge in [-0.3, -0.25) is 4.79 Å². The first-order valence-corrected chi connectivity index (χ1v) is 11.4. The van der Waals surface area contributed by atoms with E-state index in [1.807, 2.05) is 43.3 Å². The Hall–Kier alpha value is -3.35. The lowest BCUT2D eigenvalue weighted by Gasteiger charge is -2.26. The molecule has 7 heteroatoms. The summed E-state index contributed by atoms with van der Waals surface area (Å²) in [5.74, 6) is -2.21. The highest BCUT2D eigenvalue weighted by atomic mass is 16.5. The van der Waals surface area contributed by atoms with E-state index in [0.717, 1.165) is 22.3 Å². The van der Waals surface area contributed by atoms with E-state index in [1.54, 1.807) is 20.8 Å². The van der Waals surface area contributed by atoms with Crippen LogP contribution in [-0.4, -0.2) is 41.8 Å². The first-order chi connectivity index (χ1) is 15.7. The number of nitrogens with one attached hydrogen (secondary N) is 2. The maximum atomic E-state index is 12.8. The normalized spacial score (nSPS) is 15.2. The molecule has 33 heavy (non-hydrogen) atoms. The van der Waals surface area contributed by atoms with E-state index in [2.05, 4.69) is 22.8 Å². The molecule has 0 bridgehead atoms. The summed E-state index contributed by atoms with van der Waals surface area (Å²) in [6.07, 6.45) is -0.107. The summed E-state index contributed by atoms with van der Waals surface area (Å²) in [7, 11) is 0. The minimum absolute atomic E-state index is 0.0868. The minimum Gasteiger partial charge on any atom is -0.480 e. The van der Waals surface area contributed by atoms with E-state index in [9.17, 15) is 19.5 Å². The van der Waals surface area contributed by atoms with Gasteiger partial charge in [-0.25, -0.2) is 9.59 Å². The second-order valence-electron chi connectivity index (χ2n) is 8.90. The van der Waals surface area contributed by atoms with Crippen LogP contribution in [0.5, 0.6) is 0 Å².